The lowest BCUT2D eigenvalue weighted by atomic mass is 10.0. The van der Waals surface area contributed by atoms with E-state index in [1.807, 2.05) is 0 Å². The second-order valence-electron chi connectivity index (χ2n) is 7.85. The molecule has 0 N–H and O–H groups in total. The zero-order chi connectivity index (χ0) is 19.5. The second-order valence-corrected chi connectivity index (χ2v) is 7.85. The number of rotatable bonds is 5. The molecule has 0 bridgehead atoms. The lowest BCUT2D eigenvalue weighted by molar-refractivity contribution is 0.127. The first-order valence-electron chi connectivity index (χ1n) is 10.4. The molecule has 1 aliphatic rings. The summed E-state index contributed by atoms with van der Waals surface area (Å²) in [6.07, 6.45) is 0.279. The van der Waals surface area contributed by atoms with Crippen molar-refractivity contribution in [2.45, 2.75) is 19.3 Å². The van der Waals surface area contributed by atoms with Crippen molar-refractivity contribution in [3.8, 4) is 0 Å². The molecule has 0 atom stereocenters. The van der Waals surface area contributed by atoms with Crippen molar-refractivity contribution in [3.63, 3.8) is 0 Å². The molecule has 2 nitrogen and oxygen atoms in total. The molecule has 0 saturated carbocycles. The standard InChI is InChI=1S/C27H26N2/c1-3-10-22(11-4-1)20-28-18-19-29(21-23-12-5-2-6-13-23)27(28)26-17-9-15-24-14-7-8-16-25(24)26/h1-17,27H,18-21H2. The average molecular weight is 379 g/mol. The third-order valence-electron chi connectivity index (χ3n) is 5.92. The van der Waals surface area contributed by atoms with Crippen LogP contribution in [-0.2, 0) is 13.1 Å². The van der Waals surface area contributed by atoms with E-state index in [1.54, 1.807) is 0 Å². The molecule has 1 heterocycles. The monoisotopic (exact) mass is 378 g/mol. The molecule has 0 aliphatic carbocycles. The fraction of sp³-hybridized carbons (Fsp3) is 0.185. The van der Waals surface area contributed by atoms with E-state index < -0.39 is 0 Å². The molecule has 4 aromatic rings. The number of fused-ring (bicyclic) bond motifs is 1. The summed E-state index contributed by atoms with van der Waals surface area (Å²) in [6, 6.07) is 37.2. The van der Waals surface area contributed by atoms with Crippen molar-refractivity contribution < 1.29 is 0 Å². The van der Waals surface area contributed by atoms with Crippen LogP contribution in [0.25, 0.3) is 10.8 Å². The highest BCUT2D eigenvalue weighted by atomic mass is 15.4. The minimum Gasteiger partial charge on any atom is -0.278 e. The van der Waals surface area contributed by atoms with Crippen molar-refractivity contribution in [1.82, 2.24) is 9.80 Å². The van der Waals surface area contributed by atoms with Gasteiger partial charge in [-0.05, 0) is 27.5 Å². The first-order chi connectivity index (χ1) is 14.4. The van der Waals surface area contributed by atoms with Crippen LogP contribution in [0.2, 0.25) is 0 Å². The maximum absolute atomic E-state index is 2.63. The van der Waals surface area contributed by atoms with Gasteiger partial charge in [-0.25, -0.2) is 0 Å². The summed E-state index contributed by atoms with van der Waals surface area (Å²) < 4.78 is 0. The molecule has 29 heavy (non-hydrogen) atoms. The Morgan fingerprint density at radius 2 is 1.07 bits per heavy atom. The van der Waals surface area contributed by atoms with Gasteiger partial charge < -0.3 is 0 Å². The van der Waals surface area contributed by atoms with Crippen molar-refractivity contribution in [3.05, 3.63) is 120 Å². The van der Waals surface area contributed by atoms with Crippen molar-refractivity contribution in [2.75, 3.05) is 13.1 Å². The van der Waals surface area contributed by atoms with Gasteiger partial charge in [0.1, 0.15) is 0 Å². The molecule has 0 unspecified atom stereocenters. The van der Waals surface area contributed by atoms with Gasteiger partial charge in [0.15, 0.2) is 0 Å². The summed E-state index contributed by atoms with van der Waals surface area (Å²) in [5.74, 6) is 0. The molecule has 1 fully saturated rings. The Bertz CT molecular complexity index is 1020. The molecule has 2 heteroatoms. The highest BCUT2D eigenvalue weighted by molar-refractivity contribution is 5.86. The van der Waals surface area contributed by atoms with Crippen molar-refractivity contribution >= 4 is 10.8 Å². The van der Waals surface area contributed by atoms with E-state index in [0.717, 1.165) is 26.2 Å². The molecule has 5 rings (SSSR count). The smallest absolute Gasteiger partial charge is 0.0898 e. The van der Waals surface area contributed by atoms with Crippen LogP contribution in [0.15, 0.2) is 103 Å². The quantitative estimate of drug-likeness (QED) is 0.429. The Morgan fingerprint density at radius 3 is 1.69 bits per heavy atom. The van der Waals surface area contributed by atoms with E-state index >= 15 is 0 Å². The summed E-state index contributed by atoms with van der Waals surface area (Å²) in [4.78, 5) is 5.25. The van der Waals surface area contributed by atoms with Crippen LogP contribution in [-0.4, -0.2) is 22.9 Å². The lowest BCUT2D eigenvalue weighted by Crippen LogP contribution is -2.30. The Hall–Kier alpha value is -2.94. The van der Waals surface area contributed by atoms with Gasteiger partial charge in [-0.2, -0.15) is 0 Å². The number of hydrogen-bond acceptors (Lipinski definition) is 2. The largest absolute Gasteiger partial charge is 0.278 e. The van der Waals surface area contributed by atoms with E-state index in [1.165, 1.54) is 27.5 Å². The van der Waals surface area contributed by atoms with Crippen LogP contribution in [0.1, 0.15) is 22.9 Å². The summed E-state index contributed by atoms with van der Waals surface area (Å²) in [7, 11) is 0. The predicted molar refractivity (Wildman–Crippen MR) is 120 cm³/mol. The zero-order valence-electron chi connectivity index (χ0n) is 16.6. The Kier molecular flexibility index (Phi) is 5.12. The van der Waals surface area contributed by atoms with E-state index in [2.05, 4.69) is 113 Å². The molecule has 0 spiro atoms. The molecule has 1 saturated heterocycles. The van der Waals surface area contributed by atoms with Crippen LogP contribution in [0.4, 0.5) is 0 Å². The van der Waals surface area contributed by atoms with Gasteiger partial charge in [0.05, 0.1) is 6.17 Å². The molecule has 144 valence electrons. The fourth-order valence-corrected chi connectivity index (χ4v) is 4.57. The molecule has 1 aliphatic heterocycles. The number of nitrogens with zero attached hydrogens (tertiary/aromatic N) is 2. The second kappa shape index (κ2) is 8.20. The van der Waals surface area contributed by atoms with E-state index in [-0.39, 0.29) is 6.17 Å². The van der Waals surface area contributed by atoms with Crippen LogP contribution in [0.5, 0.6) is 0 Å². The molecule has 0 amide bonds. The topological polar surface area (TPSA) is 6.48 Å². The van der Waals surface area contributed by atoms with E-state index in [9.17, 15) is 0 Å². The Labute approximate surface area is 173 Å². The molecule has 0 aromatic heterocycles. The summed E-state index contributed by atoms with van der Waals surface area (Å²) in [5.41, 5.74) is 4.16. The lowest BCUT2D eigenvalue weighted by Gasteiger charge is -2.32. The number of hydrogen-bond donors (Lipinski definition) is 0. The number of benzene rings is 4. The first-order valence-corrected chi connectivity index (χ1v) is 10.4. The van der Waals surface area contributed by atoms with Crippen molar-refractivity contribution in [1.29, 1.82) is 0 Å². The van der Waals surface area contributed by atoms with Crippen LogP contribution in [0, 0.1) is 0 Å². The third-order valence-corrected chi connectivity index (χ3v) is 5.92. The highest BCUT2D eigenvalue weighted by Gasteiger charge is 2.33. The maximum atomic E-state index is 2.63. The Balaban J connectivity index is 1.53. The predicted octanol–water partition coefficient (Wildman–Crippen LogP) is 5.86. The molecule has 0 radical (unpaired) electrons. The van der Waals surface area contributed by atoms with Crippen LogP contribution < -0.4 is 0 Å². The van der Waals surface area contributed by atoms with E-state index in [4.69, 9.17) is 0 Å². The van der Waals surface area contributed by atoms with Crippen molar-refractivity contribution in [2.24, 2.45) is 0 Å². The minimum absolute atomic E-state index is 0.279. The molecular formula is C27H26N2. The summed E-state index contributed by atoms with van der Waals surface area (Å²) in [6.45, 7) is 4.10. The van der Waals surface area contributed by atoms with Gasteiger partial charge >= 0.3 is 0 Å². The van der Waals surface area contributed by atoms with Gasteiger partial charge in [0, 0.05) is 26.2 Å². The minimum atomic E-state index is 0.279. The van der Waals surface area contributed by atoms with Gasteiger partial charge in [0.25, 0.3) is 0 Å². The molecular weight excluding hydrogens is 352 g/mol. The van der Waals surface area contributed by atoms with Gasteiger partial charge in [-0.3, -0.25) is 9.80 Å². The normalized spacial score (nSPS) is 15.9. The molecule has 4 aromatic carbocycles. The first kappa shape index (κ1) is 18.1. The average Bonchev–Trinajstić information content (AvgIpc) is 3.16. The van der Waals surface area contributed by atoms with Crippen LogP contribution in [0.3, 0.4) is 0 Å². The van der Waals surface area contributed by atoms with Gasteiger partial charge in [-0.1, -0.05) is 103 Å². The third kappa shape index (κ3) is 3.82. The maximum Gasteiger partial charge on any atom is 0.0898 e. The van der Waals surface area contributed by atoms with Crippen LogP contribution >= 0.6 is 0 Å². The zero-order valence-corrected chi connectivity index (χ0v) is 16.6. The van der Waals surface area contributed by atoms with Gasteiger partial charge in [-0.15, -0.1) is 0 Å². The summed E-state index contributed by atoms with van der Waals surface area (Å²) in [5, 5.41) is 2.68. The Morgan fingerprint density at radius 1 is 0.552 bits per heavy atom. The SMILES string of the molecule is c1ccc(CN2CCN(Cc3ccccc3)C2c2cccc3ccccc23)cc1. The van der Waals surface area contributed by atoms with E-state index in [0.29, 0.717) is 0 Å². The summed E-state index contributed by atoms with van der Waals surface area (Å²) >= 11 is 0. The van der Waals surface area contributed by atoms with Gasteiger partial charge in [0.2, 0.25) is 0 Å². The highest BCUT2D eigenvalue weighted by Crippen LogP contribution is 2.36. The fourth-order valence-electron chi connectivity index (χ4n) is 4.57.